The molecule has 0 bridgehead atoms. The first kappa shape index (κ1) is 9.83. The fourth-order valence-electron chi connectivity index (χ4n) is 1.98. The second kappa shape index (κ2) is 3.64. The third-order valence-corrected chi connectivity index (χ3v) is 3.38. The summed E-state index contributed by atoms with van der Waals surface area (Å²) in [5.74, 6) is 3.38. The van der Waals surface area contributed by atoms with E-state index in [0.29, 0.717) is 5.92 Å². The molecular weight excluding hydrogens is 144 g/mol. The SMILES string of the molecule is C=C(C(C)C)C1CC(C(C)C)C1. The fourth-order valence-corrected chi connectivity index (χ4v) is 1.98. The van der Waals surface area contributed by atoms with Crippen molar-refractivity contribution in [3.05, 3.63) is 12.2 Å². The lowest BCUT2D eigenvalue weighted by molar-refractivity contribution is 0.161. The molecule has 0 aromatic carbocycles. The Hall–Kier alpha value is -0.260. The highest BCUT2D eigenvalue weighted by atomic mass is 14.4. The first-order chi connectivity index (χ1) is 5.52. The van der Waals surface area contributed by atoms with E-state index in [1.807, 2.05) is 0 Å². The van der Waals surface area contributed by atoms with Gasteiger partial charge in [0.25, 0.3) is 0 Å². The van der Waals surface area contributed by atoms with E-state index in [1.54, 1.807) is 0 Å². The van der Waals surface area contributed by atoms with Crippen molar-refractivity contribution in [1.82, 2.24) is 0 Å². The van der Waals surface area contributed by atoms with E-state index < -0.39 is 0 Å². The zero-order valence-corrected chi connectivity index (χ0v) is 8.93. The van der Waals surface area contributed by atoms with E-state index in [9.17, 15) is 0 Å². The monoisotopic (exact) mass is 166 g/mol. The third kappa shape index (κ3) is 1.91. The molecule has 1 saturated carbocycles. The van der Waals surface area contributed by atoms with Crippen LogP contribution in [0.3, 0.4) is 0 Å². The Morgan fingerprint density at radius 3 is 2.00 bits per heavy atom. The maximum absolute atomic E-state index is 4.17. The van der Waals surface area contributed by atoms with Crippen LogP contribution >= 0.6 is 0 Å². The van der Waals surface area contributed by atoms with Crippen LogP contribution in [0.1, 0.15) is 40.5 Å². The lowest BCUT2D eigenvalue weighted by Crippen LogP contribution is -2.29. The highest BCUT2D eigenvalue weighted by Gasteiger charge is 2.33. The van der Waals surface area contributed by atoms with Gasteiger partial charge >= 0.3 is 0 Å². The molecule has 0 aromatic rings. The average molecular weight is 166 g/mol. The molecule has 12 heavy (non-hydrogen) atoms. The summed E-state index contributed by atoms with van der Waals surface area (Å²) in [5.41, 5.74) is 1.48. The summed E-state index contributed by atoms with van der Waals surface area (Å²) >= 11 is 0. The van der Waals surface area contributed by atoms with Gasteiger partial charge in [0.1, 0.15) is 0 Å². The van der Waals surface area contributed by atoms with Crippen LogP contribution in [0.2, 0.25) is 0 Å². The van der Waals surface area contributed by atoms with Gasteiger partial charge in [-0.05, 0) is 36.5 Å². The number of hydrogen-bond acceptors (Lipinski definition) is 0. The second-order valence-electron chi connectivity index (χ2n) is 4.90. The Bertz CT molecular complexity index is 159. The average Bonchev–Trinajstić information content (AvgIpc) is 1.82. The molecule has 1 aliphatic carbocycles. The number of allylic oxidation sites excluding steroid dienone is 1. The molecular formula is C12H22. The third-order valence-electron chi connectivity index (χ3n) is 3.38. The first-order valence-corrected chi connectivity index (χ1v) is 5.21. The van der Waals surface area contributed by atoms with Crippen LogP contribution in [-0.4, -0.2) is 0 Å². The van der Waals surface area contributed by atoms with Crippen molar-refractivity contribution in [3.63, 3.8) is 0 Å². The summed E-state index contributed by atoms with van der Waals surface area (Å²) in [7, 11) is 0. The van der Waals surface area contributed by atoms with Gasteiger partial charge in [0.2, 0.25) is 0 Å². The van der Waals surface area contributed by atoms with Gasteiger partial charge in [-0.15, -0.1) is 0 Å². The standard InChI is InChI=1S/C12H22/c1-8(2)10(5)12-6-11(7-12)9(3)4/h8-9,11-12H,5-7H2,1-4H3. The Balaban J connectivity index is 2.30. The van der Waals surface area contributed by atoms with E-state index >= 15 is 0 Å². The molecule has 70 valence electrons. The van der Waals surface area contributed by atoms with Crippen LogP contribution in [-0.2, 0) is 0 Å². The van der Waals surface area contributed by atoms with Gasteiger partial charge in [-0.3, -0.25) is 0 Å². The predicted molar refractivity (Wildman–Crippen MR) is 55.0 cm³/mol. The Morgan fingerprint density at radius 1 is 1.17 bits per heavy atom. The van der Waals surface area contributed by atoms with Crippen LogP contribution in [0.15, 0.2) is 12.2 Å². The van der Waals surface area contributed by atoms with E-state index in [1.165, 1.54) is 18.4 Å². The van der Waals surface area contributed by atoms with Crippen LogP contribution in [0.25, 0.3) is 0 Å². The van der Waals surface area contributed by atoms with Crippen molar-refractivity contribution in [2.24, 2.45) is 23.7 Å². The highest BCUT2D eigenvalue weighted by Crippen LogP contribution is 2.43. The van der Waals surface area contributed by atoms with Gasteiger partial charge in [-0.25, -0.2) is 0 Å². The Kier molecular flexibility index (Phi) is 2.98. The largest absolute Gasteiger partial charge is 0.0993 e. The van der Waals surface area contributed by atoms with E-state index in [4.69, 9.17) is 0 Å². The second-order valence-corrected chi connectivity index (χ2v) is 4.90. The predicted octanol–water partition coefficient (Wildman–Crippen LogP) is 3.88. The molecule has 0 heterocycles. The smallest absolute Gasteiger partial charge is 0.0198 e. The lowest BCUT2D eigenvalue weighted by Gasteiger charge is -2.40. The molecule has 1 fully saturated rings. The van der Waals surface area contributed by atoms with Gasteiger partial charge < -0.3 is 0 Å². The normalized spacial score (nSPS) is 29.2. The summed E-state index contributed by atoms with van der Waals surface area (Å²) < 4.78 is 0. The maximum Gasteiger partial charge on any atom is -0.0198 e. The Morgan fingerprint density at radius 2 is 1.67 bits per heavy atom. The van der Waals surface area contributed by atoms with Crippen LogP contribution in [0.5, 0.6) is 0 Å². The van der Waals surface area contributed by atoms with Gasteiger partial charge in [-0.1, -0.05) is 39.8 Å². The van der Waals surface area contributed by atoms with Crippen molar-refractivity contribution in [2.45, 2.75) is 40.5 Å². The fraction of sp³-hybridized carbons (Fsp3) is 0.833. The van der Waals surface area contributed by atoms with E-state index in [-0.39, 0.29) is 0 Å². The molecule has 0 saturated heterocycles. The summed E-state index contributed by atoms with van der Waals surface area (Å²) in [6, 6.07) is 0. The van der Waals surface area contributed by atoms with Gasteiger partial charge in [0.15, 0.2) is 0 Å². The summed E-state index contributed by atoms with van der Waals surface area (Å²) in [5, 5.41) is 0. The minimum atomic E-state index is 0.683. The number of hydrogen-bond donors (Lipinski definition) is 0. The number of rotatable bonds is 3. The molecule has 0 unspecified atom stereocenters. The van der Waals surface area contributed by atoms with E-state index in [0.717, 1.165) is 17.8 Å². The lowest BCUT2D eigenvalue weighted by atomic mass is 9.65. The van der Waals surface area contributed by atoms with Crippen molar-refractivity contribution >= 4 is 0 Å². The van der Waals surface area contributed by atoms with Gasteiger partial charge in [-0.2, -0.15) is 0 Å². The van der Waals surface area contributed by atoms with Crippen LogP contribution in [0, 0.1) is 23.7 Å². The summed E-state index contributed by atoms with van der Waals surface area (Å²) in [4.78, 5) is 0. The molecule has 0 N–H and O–H groups in total. The zero-order valence-electron chi connectivity index (χ0n) is 8.93. The van der Waals surface area contributed by atoms with Gasteiger partial charge in [0, 0.05) is 0 Å². The minimum Gasteiger partial charge on any atom is -0.0993 e. The quantitative estimate of drug-likeness (QED) is 0.558. The molecule has 0 spiro atoms. The summed E-state index contributed by atoms with van der Waals surface area (Å²) in [6.45, 7) is 13.3. The van der Waals surface area contributed by atoms with Crippen molar-refractivity contribution in [1.29, 1.82) is 0 Å². The molecule has 0 amide bonds. The highest BCUT2D eigenvalue weighted by molar-refractivity contribution is 5.08. The van der Waals surface area contributed by atoms with Crippen LogP contribution in [0.4, 0.5) is 0 Å². The Labute approximate surface area is 77.1 Å². The van der Waals surface area contributed by atoms with Crippen LogP contribution < -0.4 is 0 Å². The molecule has 0 aromatic heterocycles. The molecule has 0 radical (unpaired) electrons. The topological polar surface area (TPSA) is 0 Å². The summed E-state index contributed by atoms with van der Waals surface area (Å²) in [6.07, 6.45) is 2.80. The maximum atomic E-state index is 4.17. The molecule has 0 atom stereocenters. The minimum absolute atomic E-state index is 0.683. The van der Waals surface area contributed by atoms with Crippen molar-refractivity contribution in [3.8, 4) is 0 Å². The molecule has 0 nitrogen and oxygen atoms in total. The molecule has 0 heteroatoms. The van der Waals surface area contributed by atoms with Crippen molar-refractivity contribution < 1.29 is 0 Å². The van der Waals surface area contributed by atoms with Crippen molar-refractivity contribution in [2.75, 3.05) is 0 Å². The van der Waals surface area contributed by atoms with Gasteiger partial charge in [0.05, 0.1) is 0 Å². The first-order valence-electron chi connectivity index (χ1n) is 5.21. The molecule has 0 aliphatic heterocycles. The molecule has 1 rings (SSSR count). The van der Waals surface area contributed by atoms with E-state index in [2.05, 4.69) is 34.3 Å². The molecule has 1 aliphatic rings. The zero-order chi connectivity index (χ0) is 9.30.